The molecule has 0 aliphatic carbocycles. The summed E-state index contributed by atoms with van der Waals surface area (Å²) in [7, 11) is 1.98. The minimum atomic E-state index is -0.107. The highest BCUT2D eigenvalue weighted by molar-refractivity contribution is 5.94. The van der Waals surface area contributed by atoms with Crippen molar-refractivity contribution in [2.75, 3.05) is 0 Å². The second kappa shape index (κ2) is 7.43. The fraction of sp³-hybridized carbons (Fsp3) is 0.364. The summed E-state index contributed by atoms with van der Waals surface area (Å²) in [6.45, 7) is 10.3. The largest absolute Gasteiger partial charge is 0.349 e. The summed E-state index contributed by atoms with van der Waals surface area (Å²) in [5.74, 6) is 0.253. The van der Waals surface area contributed by atoms with Gasteiger partial charge in [-0.2, -0.15) is 5.10 Å². The Morgan fingerprint density at radius 2 is 1.85 bits per heavy atom. The zero-order valence-electron chi connectivity index (χ0n) is 16.9. The van der Waals surface area contributed by atoms with Gasteiger partial charge < -0.3 is 9.88 Å². The normalized spacial score (nSPS) is 12.4. The second-order valence-corrected chi connectivity index (χ2v) is 7.63. The van der Waals surface area contributed by atoms with Crippen molar-refractivity contribution in [1.82, 2.24) is 19.7 Å². The third kappa shape index (κ3) is 3.82. The standard InChI is InChI=1S/C22H28N4O/c1-14(2)17(5)23-22(27)21-13-18(20-8-7-11-25(20)6)24-26(21)19-10-9-15(3)12-16(19)4/h7-14,17H,1-6H3,(H,23,27). The highest BCUT2D eigenvalue weighted by atomic mass is 16.2. The zero-order chi connectivity index (χ0) is 19.7. The molecule has 1 amide bonds. The van der Waals surface area contributed by atoms with Crippen LogP contribution in [-0.4, -0.2) is 26.3 Å². The van der Waals surface area contributed by atoms with E-state index in [0.717, 1.165) is 22.6 Å². The average molecular weight is 364 g/mol. The van der Waals surface area contributed by atoms with Crippen LogP contribution in [0.25, 0.3) is 17.1 Å². The fourth-order valence-corrected chi connectivity index (χ4v) is 3.07. The molecule has 0 fully saturated rings. The van der Waals surface area contributed by atoms with Gasteiger partial charge in [-0.05, 0) is 56.5 Å². The van der Waals surface area contributed by atoms with Crippen LogP contribution in [0.3, 0.4) is 0 Å². The van der Waals surface area contributed by atoms with Crippen molar-refractivity contribution < 1.29 is 4.79 Å². The Balaban J connectivity index is 2.11. The number of nitrogens with one attached hydrogen (secondary N) is 1. The van der Waals surface area contributed by atoms with E-state index in [1.54, 1.807) is 4.68 Å². The smallest absolute Gasteiger partial charge is 0.270 e. The number of nitrogens with zero attached hydrogens (tertiary/aromatic N) is 3. The van der Waals surface area contributed by atoms with Gasteiger partial charge in [0.15, 0.2) is 0 Å². The molecule has 2 aromatic heterocycles. The maximum Gasteiger partial charge on any atom is 0.270 e. The average Bonchev–Trinajstić information content (AvgIpc) is 3.20. The molecule has 0 aliphatic heterocycles. The lowest BCUT2D eigenvalue weighted by molar-refractivity contribution is 0.0922. The van der Waals surface area contributed by atoms with E-state index >= 15 is 0 Å². The summed E-state index contributed by atoms with van der Waals surface area (Å²) in [4.78, 5) is 13.0. The molecule has 1 aromatic carbocycles. The maximum absolute atomic E-state index is 13.0. The van der Waals surface area contributed by atoms with Crippen molar-refractivity contribution in [3.8, 4) is 17.1 Å². The number of aryl methyl sites for hydroxylation is 3. The molecule has 0 radical (unpaired) electrons. The summed E-state index contributed by atoms with van der Waals surface area (Å²) in [6, 6.07) is 12.1. The van der Waals surface area contributed by atoms with Gasteiger partial charge in [-0.3, -0.25) is 4.79 Å². The molecular weight excluding hydrogens is 336 g/mol. The molecule has 27 heavy (non-hydrogen) atoms. The minimum Gasteiger partial charge on any atom is -0.349 e. The van der Waals surface area contributed by atoms with Gasteiger partial charge in [0, 0.05) is 19.3 Å². The second-order valence-electron chi connectivity index (χ2n) is 7.63. The van der Waals surface area contributed by atoms with Crippen LogP contribution in [0.5, 0.6) is 0 Å². The van der Waals surface area contributed by atoms with E-state index in [1.807, 2.05) is 62.0 Å². The Morgan fingerprint density at radius 1 is 1.11 bits per heavy atom. The molecule has 5 heteroatoms. The van der Waals surface area contributed by atoms with Crippen LogP contribution in [-0.2, 0) is 7.05 Å². The lowest BCUT2D eigenvalue weighted by atomic mass is 10.1. The van der Waals surface area contributed by atoms with Crippen LogP contribution in [0.1, 0.15) is 42.4 Å². The van der Waals surface area contributed by atoms with Crippen LogP contribution < -0.4 is 5.32 Å². The minimum absolute atomic E-state index is 0.0819. The van der Waals surface area contributed by atoms with Crippen molar-refractivity contribution in [2.24, 2.45) is 13.0 Å². The number of aromatic nitrogens is 3. The van der Waals surface area contributed by atoms with Gasteiger partial charge in [0.25, 0.3) is 5.91 Å². The Morgan fingerprint density at radius 3 is 2.44 bits per heavy atom. The monoisotopic (exact) mass is 364 g/mol. The number of benzene rings is 1. The highest BCUT2D eigenvalue weighted by Gasteiger charge is 2.21. The van der Waals surface area contributed by atoms with E-state index in [1.165, 1.54) is 5.56 Å². The topological polar surface area (TPSA) is 51.9 Å². The van der Waals surface area contributed by atoms with Crippen LogP contribution in [0.15, 0.2) is 42.6 Å². The molecule has 5 nitrogen and oxygen atoms in total. The molecule has 1 atom stereocenters. The number of carbonyl (C=O) groups excluding carboxylic acids is 1. The van der Waals surface area contributed by atoms with Crippen LogP contribution >= 0.6 is 0 Å². The van der Waals surface area contributed by atoms with Crippen molar-refractivity contribution in [1.29, 1.82) is 0 Å². The van der Waals surface area contributed by atoms with E-state index < -0.39 is 0 Å². The van der Waals surface area contributed by atoms with Gasteiger partial charge in [0.1, 0.15) is 11.4 Å². The molecule has 0 saturated heterocycles. The molecule has 142 valence electrons. The van der Waals surface area contributed by atoms with Gasteiger partial charge >= 0.3 is 0 Å². The van der Waals surface area contributed by atoms with Crippen LogP contribution in [0, 0.1) is 19.8 Å². The molecular formula is C22H28N4O. The van der Waals surface area contributed by atoms with Gasteiger partial charge in [0.05, 0.1) is 11.4 Å². The highest BCUT2D eigenvalue weighted by Crippen LogP contribution is 2.24. The summed E-state index contributed by atoms with van der Waals surface area (Å²) < 4.78 is 3.77. The molecule has 3 rings (SSSR count). The van der Waals surface area contributed by atoms with Crippen LogP contribution in [0.4, 0.5) is 0 Å². The zero-order valence-corrected chi connectivity index (χ0v) is 16.9. The predicted octanol–water partition coefficient (Wildman–Crippen LogP) is 4.27. The first-order valence-electron chi connectivity index (χ1n) is 9.38. The SMILES string of the molecule is Cc1ccc(-n2nc(-c3cccn3C)cc2C(=O)NC(C)C(C)C)c(C)c1. The number of carbonyl (C=O) groups is 1. The first-order chi connectivity index (χ1) is 12.8. The molecule has 1 unspecified atom stereocenters. The number of amides is 1. The molecule has 0 bridgehead atoms. The number of hydrogen-bond donors (Lipinski definition) is 1. The lowest BCUT2D eigenvalue weighted by Crippen LogP contribution is -2.37. The molecule has 0 saturated carbocycles. The Bertz CT molecular complexity index is 965. The van der Waals surface area contributed by atoms with Gasteiger partial charge in [0.2, 0.25) is 0 Å². The summed E-state index contributed by atoms with van der Waals surface area (Å²) in [5.41, 5.74) is 5.50. The van der Waals surface area contributed by atoms with Gasteiger partial charge in [-0.15, -0.1) is 0 Å². The van der Waals surface area contributed by atoms with Crippen molar-refractivity contribution in [3.63, 3.8) is 0 Å². The molecule has 1 N–H and O–H groups in total. The van der Waals surface area contributed by atoms with Crippen molar-refractivity contribution in [3.05, 3.63) is 59.4 Å². The first kappa shape index (κ1) is 19.0. The quantitative estimate of drug-likeness (QED) is 0.735. The van der Waals surface area contributed by atoms with E-state index in [9.17, 15) is 4.79 Å². The summed E-state index contributed by atoms with van der Waals surface area (Å²) in [6.07, 6.45) is 1.98. The molecule has 2 heterocycles. The number of rotatable bonds is 5. The van der Waals surface area contributed by atoms with Gasteiger partial charge in [-0.25, -0.2) is 4.68 Å². The first-order valence-corrected chi connectivity index (χ1v) is 9.38. The number of hydrogen-bond acceptors (Lipinski definition) is 2. The summed E-state index contributed by atoms with van der Waals surface area (Å²) >= 11 is 0. The lowest BCUT2D eigenvalue weighted by Gasteiger charge is -2.18. The molecule has 3 aromatic rings. The van der Waals surface area contributed by atoms with E-state index in [0.29, 0.717) is 11.6 Å². The predicted molar refractivity (Wildman–Crippen MR) is 109 cm³/mol. The summed E-state index contributed by atoms with van der Waals surface area (Å²) in [5, 5.41) is 7.89. The van der Waals surface area contributed by atoms with Crippen LogP contribution in [0.2, 0.25) is 0 Å². The Hall–Kier alpha value is -2.82. The van der Waals surface area contributed by atoms with E-state index in [2.05, 4.69) is 32.2 Å². The maximum atomic E-state index is 13.0. The van der Waals surface area contributed by atoms with E-state index in [4.69, 9.17) is 5.10 Å². The third-order valence-corrected chi connectivity index (χ3v) is 5.09. The molecule has 0 spiro atoms. The Kier molecular flexibility index (Phi) is 5.22. The van der Waals surface area contributed by atoms with Crippen molar-refractivity contribution >= 4 is 5.91 Å². The third-order valence-electron chi connectivity index (χ3n) is 5.09. The van der Waals surface area contributed by atoms with E-state index in [-0.39, 0.29) is 11.9 Å². The fourth-order valence-electron chi connectivity index (χ4n) is 3.07. The Labute approximate surface area is 161 Å². The van der Waals surface area contributed by atoms with Gasteiger partial charge in [-0.1, -0.05) is 31.5 Å². The molecule has 0 aliphatic rings. The van der Waals surface area contributed by atoms with Crippen molar-refractivity contribution in [2.45, 2.75) is 40.7 Å².